The molecule has 2 aliphatic heterocycles. The minimum absolute atomic E-state index is 0.292. The van der Waals surface area contributed by atoms with Crippen LogP contribution in [0, 0.1) is 0 Å². The van der Waals surface area contributed by atoms with Gasteiger partial charge in [0.05, 0.1) is 12.6 Å². The molecule has 3 heterocycles. The molecule has 4 nitrogen and oxygen atoms in total. The molecule has 0 N–H and O–H groups in total. The molecule has 0 aliphatic carbocycles. The molecule has 0 spiro atoms. The van der Waals surface area contributed by atoms with Gasteiger partial charge in [0.2, 0.25) is 5.88 Å². The third-order valence-corrected chi connectivity index (χ3v) is 2.60. The van der Waals surface area contributed by atoms with Crippen molar-refractivity contribution < 1.29 is 4.74 Å². The highest BCUT2D eigenvalue weighted by Gasteiger charge is 2.28. The van der Waals surface area contributed by atoms with Crippen LogP contribution < -0.4 is 9.64 Å². The Kier molecular flexibility index (Phi) is 1.65. The average Bonchev–Trinajstić information content (AvgIpc) is 2.29. The lowest BCUT2D eigenvalue weighted by atomic mass is 10.2. The summed E-state index contributed by atoms with van der Waals surface area (Å²) in [7, 11) is 0. The van der Waals surface area contributed by atoms with E-state index in [9.17, 15) is 0 Å². The molecule has 4 heteroatoms. The van der Waals surface area contributed by atoms with Crippen LogP contribution in [0.25, 0.3) is 0 Å². The number of aromatic nitrogens is 1. The van der Waals surface area contributed by atoms with Crippen LogP contribution in [-0.4, -0.2) is 36.9 Å². The Morgan fingerprint density at radius 3 is 3.50 bits per heavy atom. The van der Waals surface area contributed by atoms with Gasteiger partial charge in [-0.2, -0.15) is 0 Å². The molecule has 0 saturated heterocycles. The fraction of sp³-hybridized carbons (Fsp3) is 0.400. The molecule has 0 bridgehead atoms. The average molecular weight is 189 g/mol. The van der Waals surface area contributed by atoms with E-state index in [0.717, 1.165) is 24.7 Å². The lowest BCUT2D eigenvalue weighted by Gasteiger charge is -2.37. The molecule has 0 amide bonds. The first-order valence-corrected chi connectivity index (χ1v) is 4.79. The van der Waals surface area contributed by atoms with E-state index in [1.165, 1.54) is 0 Å². The number of hydrogen-bond donors (Lipinski definition) is 0. The van der Waals surface area contributed by atoms with Crippen molar-refractivity contribution in [3.8, 4) is 5.88 Å². The van der Waals surface area contributed by atoms with Crippen LogP contribution in [0.5, 0.6) is 5.88 Å². The highest BCUT2D eigenvalue weighted by atomic mass is 16.5. The molecular weight excluding hydrogens is 178 g/mol. The lowest BCUT2D eigenvalue weighted by Crippen LogP contribution is -2.47. The summed E-state index contributed by atoms with van der Waals surface area (Å²) in [5.74, 6) is 0.749. The van der Waals surface area contributed by atoms with Crippen molar-refractivity contribution in [3.63, 3.8) is 0 Å². The van der Waals surface area contributed by atoms with Crippen molar-refractivity contribution in [3.05, 3.63) is 18.3 Å². The first-order valence-electron chi connectivity index (χ1n) is 4.79. The number of anilines is 1. The van der Waals surface area contributed by atoms with Crippen LogP contribution >= 0.6 is 0 Å². The molecule has 2 aliphatic rings. The minimum atomic E-state index is 0.292. The van der Waals surface area contributed by atoms with Crippen LogP contribution in [0.4, 0.5) is 5.69 Å². The summed E-state index contributed by atoms with van der Waals surface area (Å²) < 4.78 is 5.55. The third-order valence-electron chi connectivity index (χ3n) is 2.60. The number of fused-ring (bicyclic) bond motifs is 3. The molecule has 1 aromatic heterocycles. The van der Waals surface area contributed by atoms with Gasteiger partial charge >= 0.3 is 0 Å². The topological polar surface area (TPSA) is 37.7 Å². The second-order valence-corrected chi connectivity index (χ2v) is 3.45. The van der Waals surface area contributed by atoms with Gasteiger partial charge in [-0.05, 0) is 12.1 Å². The van der Waals surface area contributed by atoms with Crippen molar-refractivity contribution in [1.82, 2.24) is 4.98 Å². The van der Waals surface area contributed by atoms with Crippen LogP contribution in [0.2, 0.25) is 0 Å². The van der Waals surface area contributed by atoms with Gasteiger partial charge in [-0.25, -0.2) is 4.98 Å². The maximum absolute atomic E-state index is 5.55. The summed E-state index contributed by atoms with van der Waals surface area (Å²) in [5, 5.41) is 0. The highest BCUT2D eigenvalue weighted by Crippen LogP contribution is 2.31. The normalized spacial score (nSPS) is 23.7. The van der Waals surface area contributed by atoms with Crippen molar-refractivity contribution in [2.24, 2.45) is 4.99 Å². The number of aliphatic imine (C=N–C) groups is 1. The number of hydrogen-bond acceptors (Lipinski definition) is 4. The predicted molar refractivity (Wildman–Crippen MR) is 54.2 cm³/mol. The molecule has 0 aromatic carbocycles. The minimum Gasteiger partial charge on any atom is -0.474 e. The first-order chi connectivity index (χ1) is 6.95. The molecule has 14 heavy (non-hydrogen) atoms. The zero-order valence-electron chi connectivity index (χ0n) is 7.76. The standard InChI is InChI=1S/C10H11N3O/c1-2-9-10(12-3-1)14-7-8-6-11-4-5-13(8)9/h1-3,6,8H,4-5,7H2/t8-/m0/s1. The molecule has 72 valence electrons. The Labute approximate surface area is 82.2 Å². The summed E-state index contributed by atoms with van der Waals surface area (Å²) in [6, 6.07) is 4.28. The maximum atomic E-state index is 5.55. The van der Waals surface area contributed by atoms with Crippen LogP contribution in [-0.2, 0) is 0 Å². The van der Waals surface area contributed by atoms with E-state index in [0.29, 0.717) is 12.6 Å². The SMILES string of the molecule is C1=NCCN2c3cccnc3OC[C@H]12. The fourth-order valence-electron chi connectivity index (χ4n) is 1.92. The summed E-state index contributed by atoms with van der Waals surface area (Å²) >= 11 is 0. The zero-order valence-corrected chi connectivity index (χ0v) is 7.76. The van der Waals surface area contributed by atoms with Gasteiger partial charge in [-0.15, -0.1) is 0 Å². The van der Waals surface area contributed by atoms with Crippen molar-refractivity contribution in [2.75, 3.05) is 24.6 Å². The monoisotopic (exact) mass is 189 g/mol. The molecule has 3 rings (SSSR count). The third kappa shape index (κ3) is 1.07. The Balaban J connectivity index is 2.04. The number of nitrogens with zero attached hydrogens (tertiary/aromatic N) is 3. The van der Waals surface area contributed by atoms with Gasteiger partial charge in [0, 0.05) is 19.0 Å². The van der Waals surface area contributed by atoms with Crippen LogP contribution in [0.3, 0.4) is 0 Å². The Hall–Kier alpha value is -1.58. The summed E-state index contributed by atoms with van der Waals surface area (Å²) in [4.78, 5) is 10.8. The lowest BCUT2D eigenvalue weighted by molar-refractivity contribution is 0.277. The predicted octanol–water partition coefficient (Wildman–Crippen LogP) is 0.733. The zero-order chi connectivity index (χ0) is 9.38. The largest absolute Gasteiger partial charge is 0.474 e. The smallest absolute Gasteiger partial charge is 0.237 e. The van der Waals surface area contributed by atoms with Crippen molar-refractivity contribution >= 4 is 11.9 Å². The second kappa shape index (κ2) is 2.97. The molecule has 0 fully saturated rings. The molecule has 0 radical (unpaired) electrons. The van der Waals surface area contributed by atoms with Gasteiger partial charge in [-0.1, -0.05) is 0 Å². The molecule has 1 aromatic rings. The van der Waals surface area contributed by atoms with E-state index >= 15 is 0 Å². The Morgan fingerprint density at radius 2 is 2.50 bits per heavy atom. The Morgan fingerprint density at radius 1 is 1.50 bits per heavy atom. The quantitative estimate of drug-likeness (QED) is 0.604. The molecular formula is C10H11N3O. The van der Waals surface area contributed by atoms with E-state index in [4.69, 9.17) is 4.74 Å². The van der Waals surface area contributed by atoms with Crippen molar-refractivity contribution in [1.29, 1.82) is 0 Å². The summed E-state index contributed by atoms with van der Waals surface area (Å²) in [5.41, 5.74) is 1.09. The summed E-state index contributed by atoms with van der Waals surface area (Å²) in [6.07, 6.45) is 3.73. The van der Waals surface area contributed by atoms with E-state index in [2.05, 4.69) is 14.9 Å². The maximum Gasteiger partial charge on any atom is 0.237 e. The van der Waals surface area contributed by atoms with E-state index in [-0.39, 0.29) is 0 Å². The van der Waals surface area contributed by atoms with Gasteiger partial charge in [-0.3, -0.25) is 4.99 Å². The molecule has 0 unspecified atom stereocenters. The van der Waals surface area contributed by atoms with Gasteiger partial charge < -0.3 is 9.64 Å². The van der Waals surface area contributed by atoms with Crippen LogP contribution in [0.15, 0.2) is 23.3 Å². The number of pyridine rings is 1. The summed E-state index contributed by atoms with van der Waals surface area (Å²) in [6.45, 7) is 2.49. The molecule has 0 saturated carbocycles. The number of ether oxygens (including phenoxy) is 1. The van der Waals surface area contributed by atoms with Crippen molar-refractivity contribution in [2.45, 2.75) is 6.04 Å². The first kappa shape index (κ1) is 7.79. The van der Waals surface area contributed by atoms with Gasteiger partial charge in [0.25, 0.3) is 0 Å². The van der Waals surface area contributed by atoms with Crippen LogP contribution in [0.1, 0.15) is 0 Å². The van der Waals surface area contributed by atoms with E-state index in [1.807, 2.05) is 18.3 Å². The second-order valence-electron chi connectivity index (χ2n) is 3.45. The Bertz CT molecular complexity index is 377. The van der Waals surface area contributed by atoms with E-state index < -0.39 is 0 Å². The van der Waals surface area contributed by atoms with Gasteiger partial charge in [0.15, 0.2) is 0 Å². The fourth-order valence-corrected chi connectivity index (χ4v) is 1.92. The number of rotatable bonds is 0. The van der Waals surface area contributed by atoms with E-state index in [1.54, 1.807) is 6.20 Å². The molecule has 1 atom stereocenters. The highest BCUT2D eigenvalue weighted by molar-refractivity contribution is 5.75. The van der Waals surface area contributed by atoms with Gasteiger partial charge in [0.1, 0.15) is 12.3 Å².